The van der Waals surface area contributed by atoms with Crippen LogP contribution in [-0.2, 0) is 4.74 Å². The van der Waals surface area contributed by atoms with Crippen molar-refractivity contribution in [3.05, 3.63) is 0 Å². The maximum atomic E-state index is 5.54. The summed E-state index contributed by atoms with van der Waals surface area (Å²) in [6.45, 7) is 6.41. The summed E-state index contributed by atoms with van der Waals surface area (Å²) in [4.78, 5) is 0. The van der Waals surface area contributed by atoms with E-state index >= 15 is 0 Å². The molecule has 0 aliphatic rings. The second-order valence-corrected chi connectivity index (χ2v) is 10.5. The highest BCUT2D eigenvalue weighted by Crippen LogP contribution is 2.15. The van der Waals surface area contributed by atoms with E-state index in [4.69, 9.17) is 4.74 Å². The van der Waals surface area contributed by atoms with Crippen molar-refractivity contribution in [1.29, 1.82) is 0 Å². The fraction of sp³-hybridized carbons (Fsp3) is 1.00. The van der Waals surface area contributed by atoms with E-state index in [9.17, 15) is 0 Å². The van der Waals surface area contributed by atoms with Crippen molar-refractivity contribution in [2.75, 3.05) is 13.2 Å². The Bertz CT molecular complexity index is 271. The predicted octanol–water partition coefficient (Wildman–Crippen LogP) is 11.6. The Morgan fingerprint density at radius 1 is 0.250 bits per heavy atom. The molecule has 0 rings (SSSR count). The first kappa shape index (κ1) is 32.0. The molecule has 0 fully saturated rings. The first-order valence-electron chi connectivity index (χ1n) is 15.5. The van der Waals surface area contributed by atoms with Gasteiger partial charge < -0.3 is 4.74 Å². The summed E-state index contributed by atoms with van der Waals surface area (Å²) in [5.41, 5.74) is 0. The highest BCUT2D eigenvalue weighted by Gasteiger charge is 1.96. The van der Waals surface area contributed by atoms with E-state index in [0.29, 0.717) is 0 Å². The van der Waals surface area contributed by atoms with Crippen LogP contribution in [-0.4, -0.2) is 13.2 Å². The Balaban J connectivity index is 2.98. The van der Waals surface area contributed by atoms with Crippen molar-refractivity contribution in [2.45, 2.75) is 187 Å². The summed E-state index contributed by atoms with van der Waals surface area (Å²) in [6, 6.07) is 0. The molecule has 0 saturated carbocycles. The van der Waals surface area contributed by atoms with Crippen molar-refractivity contribution in [3.8, 4) is 0 Å². The van der Waals surface area contributed by atoms with E-state index < -0.39 is 0 Å². The molecule has 32 heavy (non-hydrogen) atoms. The quantitative estimate of drug-likeness (QED) is 0.102. The number of hydrogen-bond donors (Lipinski definition) is 0. The zero-order valence-electron chi connectivity index (χ0n) is 22.9. The van der Waals surface area contributed by atoms with Gasteiger partial charge in [-0.15, -0.1) is 0 Å². The molecule has 0 N–H and O–H groups in total. The third-order valence-electron chi connectivity index (χ3n) is 6.99. The summed E-state index contributed by atoms with van der Waals surface area (Å²) in [5.74, 6) is 0. The van der Waals surface area contributed by atoms with E-state index in [0.717, 1.165) is 19.6 Å². The van der Waals surface area contributed by atoms with Crippen LogP contribution in [0.2, 0.25) is 0 Å². The lowest BCUT2D eigenvalue weighted by atomic mass is 10.0. The summed E-state index contributed by atoms with van der Waals surface area (Å²) < 4.78 is 5.54. The Labute approximate surface area is 205 Å². The molecule has 0 aromatic carbocycles. The summed E-state index contributed by atoms with van der Waals surface area (Å²) >= 11 is 0. The van der Waals surface area contributed by atoms with Gasteiger partial charge in [0.2, 0.25) is 0 Å². The second kappa shape index (κ2) is 31.0. The third kappa shape index (κ3) is 30.0. The monoisotopic (exact) mass is 452 g/mol. The molecule has 1 heteroatoms. The zero-order valence-corrected chi connectivity index (χ0v) is 22.9. The molecule has 0 aromatic heterocycles. The molecule has 194 valence electrons. The minimum absolute atomic E-state index is 0.944. The van der Waals surface area contributed by atoms with Gasteiger partial charge in [0.05, 0.1) is 0 Å². The van der Waals surface area contributed by atoms with Crippen molar-refractivity contribution in [3.63, 3.8) is 0 Å². The summed E-state index contributed by atoms with van der Waals surface area (Å²) in [6.07, 6.45) is 39.1. The fourth-order valence-corrected chi connectivity index (χ4v) is 4.77. The zero-order chi connectivity index (χ0) is 23.2. The topological polar surface area (TPSA) is 9.23 Å². The minimum Gasteiger partial charge on any atom is -0.381 e. The molecule has 0 heterocycles. The molecule has 1 nitrogen and oxygen atoms in total. The Kier molecular flexibility index (Phi) is 30.9. The fourth-order valence-electron chi connectivity index (χ4n) is 4.77. The van der Waals surface area contributed by atoms with Crippen LogP contribution in [0.5, 0.6) is 0 Å². The predicted molar refractivity (Wildman–Crippen MR) is 147 cm³/mol. The van der Waals surface area contributed by atoms with Crippen LogP contribution < -0.4 is 0 Å². The number of rotatable bonds is 29. The van der Waals surface area contributed by atoms with Gasteiger partial charge in [0.1, 0.15) is 0 Å². The molecular formula is C31H64O. The van der Waals surface area contributed by atoms with Crippen molar-refractivity contribution < 1.29 is 4.74 Å². The lowest BCUT2D eigenvalue weighted by Crippen LogP contribution is -1.95. The molecule has 0 amide bonds. The Morgan fingerprint density at radius 3 is 0.750 bits per heavy atom. The van der Waals surface area contributed by atoms with Gasteiger partial charge in [0, 0.05) is 13.2 Å². The van der Waals surface area contributed by atoms with Gasteiger partial charge in [-0.3, -0.25) is 0 Å². The highest BCUT2D eigenvalue weighted by molar-refractivity contribution is 4.52. The summed E-state index contributed by atoms with van der Waals surface area (Å²) in [5, 5.41) is 0. The molecule has 0 aliphatic carbocycles. The third-order valence-corrected chi connectivity index (χ3v) is 6.99. The van der Waals surface area contributed by atoms with Gasteiger partial charge in [-0.25, -0.2) is 0 Å². The second-order valence-electron chi connectivity index (χ2n) is 10.5. The Hall–Kier alpha value is -0.0400. The summed E-state index contributed by atoms with van der Waals surface area (Å²) in [7, 11) is 0. The lowest BCUT2D eigenvalue weighted by Gasteiger charge is -2.05. The van der Waals surface area contributed by atoms with Gasteiger partial charge in [-0.2, -0.15) is 0 Å². The first-order chi connectivity index (χ1) is 15.9. The molecule has 0 atom stereocenters. The van der Waals surface area contributed by atoms with Crippen LogP contribution in [0.3, 0.4) is 0 Å². The normalized spacial score (nSPS) is 11.4. The van der Waals surface area contributed by atoms with E-state index in [1.807, 2.05) is 0 Å². The first-order valence-corrected chi connectivity index (χ1v) is 15.5. The molecule has 0 radical (unpaired) electrons. The van der Waals surface area contributed by atoms with Crippen molar-refractivity contribution >= 4 is 0 Å². The van der Waals surface area contributed by atoms with Gasteiger partial charge in [-0.1, -0.05) is 174 Å². The maximum Gasteiger partial charge on any atom is 0.0466 e. The molecule has 0 aliphatic heterocycles. The van der Waals surface area contributed by atoms with Gasteiger partial charge in [0.15, 0.2) is 0 Å². The molecule has 0 bridgehead atoms. The van der Waals surface area contributed by atoms with E-state index in [1.54, 1.807) is 0 Å². The maximum absolute atomic E-state index is 5.54. The largest absolute Gasteiger partial charge is 0.381 e. The molecule has 0 unspecified atom stereocenters. The minimum atomic E-state index is 0.944. The average molecular weight is 453 g/mol. The smallest absolute Gasteiger partial charge is 0.0466 e. The molecule has 0 saturated heterocycles. The molecule has 0 spiro atoms. The lowest BCUT2D eigenvalue weighted by molar-refractivity contribution is 0.130. The standard InChI is InChI=1S/C31H64O/c1-3-5-6-7-8-9-10-11-12-13-14-15-16-17-18-19-20-21-22-23-24-25-26-27-28-29-31-32-30-4-2/h3-31H2,1-2H3. The Morgan fingerprint density at radius 2 is 0.500 bits per heavy atom. The van der Waals surface area contributed by atoms with E-state index in [1.165, 1.54) is 167 Å². The van der Waals surface area contributed by atoms with E-state index in [2.05, 4.69) is 13.8 Å². The molecule has 0 aromatic rings. The van der Waals surface area contributed by atoms with Gasteiger partial charge >= 0.3 is 0 Å². The van der Waals surface area contributed by atoms with E-state index in [-0.39, 0.29) is 0 Å². The van der Waals surface area contributed by atoms with Gasteiger partial charge in [0.25, 0.3) is 0 Å². The number of unbranched alkanes of at least 4 members (excludes halogenated alkanes) is 25. The van der Waals surface area contributed by atoms with Crippen LogP contribution in [0.15, 0.2) is 0 Å². The van der Waals surface area contributed by atoms with Crippen LogP contribution in [0.1, 0.15) is 187 Å². The van der Waals surface area contributed by atoms with Crippen LogP contribution >= 0.6 is 0 Å². The SMILES string of the molecule is CCCCCCCCCCCCCCCCCCCCCCCCCCCCOCCC. The van der Waals surface area contributed by atoms with Crippen LogP contribution in [0, 0.1) is 0 Å². The van der Waals surface area contributed by atoms with Gasteiger partial charge in [-0.05, 0) is 12.8 Å². The van der Waals surface area contributed by atoms with Crippen molar-refractivity contribution in [1.82, 2.24) is 0 Å². The molecular weight excluding hydrogens is 388 g/mol. The number of hydrogen-bond acceptors (Lipinski definition) is 1. The highest BCUT2D eigenvalue weighted by atomic mass is 16.5. The van der Waals surface area contributed by atoms with Crippen LogP contribution in [0.25, 0.3) is 0 Å². The van der Waals surface area contributed by atoms with Crippen molar-refractivity contribution in [2.24, 2.45) is 0 Å². The average Bonchev–Trinajstić information content (AvgIpc) is 2.81. The van der Waals surface area contributed by atoms with Crippen LogP contribution in [0.4, 0.5) is 0 Å². The number of ether oxygens (including phenoxy) is 1.